The molecule has 0 atom stereocenters. The van der Waals surface area contributed by atoms with Crippen LogP contribution in [0.1, 0.15) is 17.4 Å². The highest BCUT2D eigenvalue weighted by atomic mass is 16.5. The average molecular weight is 410 g/mol. The van der Waals surface area contributed by atoms with Crippen molar-refractivity contribution in [3.8, 4) is 11.4 Å². The molecule has 0 aliphatic carbocycles. The van der Waals surface area contributed by atoms with E-state index in [0.717, 1.165) is 60.8 Å². The first kappa shape index (κ1) is 20.1. The molecule has 1 aliphatic heterocycles. The Labute approximate surface area is 174 Å². The van der Waals surface area contributed by atoms with E-state index in [0.29, 0.717) is 12.2 Å². The molecule has 4 rings (SSSR count). The Bertz CT molecular complexity index is 1060. The van der Waals surface area contributed by atoms with E-state index in [1.54, 1.807) is 17.8 Å². The Morgan fingerprint density at radius 3 is 2.80 bits per heavy atom. The summed E-state index contributed by atoms with van der Waals surface area (Å²) < 4.78 is 7.02. The molecule has 30 heavy (non-hydrogen) atoms. The number of hydrogen-bond acceptors (Lipinski definition) is 5. The molecule has 1 saturated heterocycles. The number of aromatic amines is 1. The number of morpholine rings is 1. The van der Waals surface area contributed by atoms with Crippen molar-refractivity contribution >= 4 is 28.4 Å². The number of anilines is 1. The zero-order valence-corrected chi connectivity index (χ0v) is 17.2. The second-order valence-corrected chi connectivity index (χ2v) is 7.38. The van der Waals surface area contributed by atoms with Crippen LogP contribution in [-0.4, -0.2) is 70.9 Å². The highest BCUT2D eigenvalue weighted by Crippen LogP contribution is 2.29. The third kappa shape index (κ3) is 4.37. The van der Waals surface area contributed by atoms with Crippen molar-refractivity contribution in [2.45, 2.75) is 6.92 Å². The molecule has 1 aliphatic rings. The van der Waals surface area contributed by atoms with E-state index in [2.05, 4.69) is 25.6 Å². The van der Waals surface area contributed by atoms with Crippen LogP contribution in [0.4, 0.5) is 5.69 Å². The second kappa shape index (κ2) is 8.68. The van der Waals surface area contributed by atoms with Crippen molar-refractivity contribution in [3.63, 3.8) is 0 Å². The summed E-state index contributed by atoms with van der Waals surface area (Å²) in [6.45, 7) is 6.11. The minimum atomic E-state index is -0.194. The lowest BCUT2D eigenvalue weighted by Crippen LogP contribution is -2.41. The lowest BCUT2D eigenvalue weighted by Gasteiger charge is -2.26. The summed E-state index contributed by atoms with van der Waals surface area (Å²) in [5.41, 5.74) is 3.62. The molecular weight excluding hydrogens is 384 g/mol. The SMILES string of the molecule is CC(=O)Nc1cccc2[nH]c(-c3cc(C(=O)NCCN4CCOCC4)nn3C)cc12. The maximum atomic E-state index is 12.5. The molecule has 0 bridgehead atoms. The van der Waals surface area contributed by atoms with E-state index >= 15 is 0 Å². The Kier molecular flexibility index (Phi) is 5.82. The lowest BCUT2D eigenvalue weighted by atomic mass is 10.2. The highest BCUT2D eigenvalue weighted by Gasteiger charge is 2.17. The molecule has 2 aromatic heterocycles. The standard InChI is InChI=1S/C21H26N6O3/c1-14(28)23-16-4-3-5-17-15(16)12-18(24-17)20-13-19(25-26(20)2)21(29)22-6-7-27-8-10-30-11-9-27/h3-5,12-13,24H,6-11H2,1-2H3,(H,22,29)(H,23,28). The Balaban J connectivity index is 1.48. The molecule has 2 amide bonds. The van der Waals surface area contributed by atoms with Crippen LogP contribution in [0.2, 0.25) is 0 Å². The summed E-state index contributed by atoms with van der Waals surface area (Å²) in [7, 11) is 1.81. The third-order valence-electron chi connectivity index (χ3n) is 5.18. The fourth-order valence-corrected chi connectivity index (χ4v) is 3.67. The van der Waals surface area contributed by atoms with Gasteiger partial charge in [0.2, 0.25) is 5.91 Å². The van der Waals surface area contributed by atoms with Crippen LogP contribution in [0.25, 0.3) is 22.3 Å². The zero-order chi connectivity index (χ0) is 21.1. The number of aryl methyl sites for hydroxylation is 1. The number of hydrogen-bond donors (Lipinski definition) is 3. The topological polar surface area (TPSA) is 104 Å². The van der Waals surface area contributed by atoms with E-state index in [9.17, 15) is 9.59 Å². The summed E-state index contributed by atoms with van der Waals surface area (Å²) in [6, 6.07) is 9.41. The number of nitrogens with one attached hydrogen (secondary N) is 3. The molecule has 0 spiro atoms. The lowest BCUT2D eigenvalue weighted by molar-refractivity contribution is -0.114. The minimum absolute atomic E-state index is 0.123. The maximum absolute atomic E-state index is 12.5. The number of rotatable bonds is 6. The van der Waals surface area contributed by atoms with E-state index in [1.165, 1.54) is 6.92 Å². The Morgan fingerprint density at radius 2 is 2.03 bits per heavy atom. The van der Waals surface area contributed by atoms with Crippen LogP contribution in [0, 0.1) is 0 Å². The van der Waals surface area contributed by atoms with Crippen molar-refractivity contribution in [2.24, 2.45) is 7.05 Å². The molecule has 0 radical (unpaired) electrons. The van der Waals surface area contributed by atoms with Crippen LogP contribution in [-0.2, 0) is 16.6 Å². The van der Waals surface area contributed by atoms with Crippen molar-refractivity contribution in [1.29, 1.82) is 0 Å². The van der Waals surface area contributed by atoms with Gasteiger partial charge in [0, 0.05) is 51.1 Å². The molecule has 1 aromatic carbocycles. The van der Waals surface area contributed by atoms with E-state index in [-0.39, 0.29) is 11.8 Å². The number of fused-ring (bicyclic) bond motifs is 1. The van der Waals surface area contributed by atoms with Crippen LogP contribution in [0.3, 0.4) is 0 Å². The molecule has 9 nitrogen and oxygen atoms in total. The molecule has 9 heteroatoms. The van der Waals surface area contributed by atoms with Gasteiger partial charge in [-0.05, 0) is 24.3 Å². The molecule has 0 unspecified atom stereocenters. The monoisotopic (exact) mass is 410 g/mol. The predicted octanol–water partition coefficient (Wildman–Crippen LogP) is 1.59. The van der Waals surface area contributed by atoms with E-state index in [4.69, 9.17) is 4.74 Å². The number of aromatic nitrogens is 3. The van der Waals surface area contributed by atoms with Gasteiger partial charge < -0.3 is 20.4 Å². The van der Waals surface area contributed by atoms with Gasteiger partial charge in [0.15, 0.2) is 5.69 Å². The third-order valence-corrected chi connectivity index (χ3v) is 5.18. The van der Waals surface area contributed by atoms with Crippen molar-refractivity contribution in [3.05, 3.63) is 36.0 Å². The number of carbonyl (C=O) groups excluding carboxylic acids is 2. The fourth-order valence-electron chi connectivity index (χ4n) is 3.67. The molecular formula is C21H26N6O3. The summed E-state index contributed by atoms with van der Waals surface area (Å²) in [6.07, 6.45) is 0. The highest BCUT2D eigenvalue weighted by molar-refractivity contribution is 6.02. The van der Waals surface area contributed by atoms with Crippen LogP contribution >= 0.6 is 0 Å². The molecule has 158 valence electrons. The first-order chi connectivity index (χ1) is 14.5. The summed E-state index contributed by atoms with van der Waals surface area (Å²) in [5, 5.41) is 11.1. The van der Waals surface area contributed by atoms with Gasteiger partial charge in [-0.3, -0.25) is 19.2 Å². The average Bonchev–Trinajstić information content (AvgIpc) is 3.32. The van der Waals surface area contributed by atoms with Crippen LogP contribution < -0.4 is 10.6 Å². The Morgan fingerprint density at radius 1 is 1.23 bits per heavy atom. The predicted molar refractivity (Wildman–Crippen MR) is 114 cm³/mol. The van der Waals surface area contributed by atoms with Gasteiger partial charge in [-0.25, -0.2) is 0 Å². The molecule has 1 fully saturated rings. The maximum Gasteiger partial charge on any atom is 0.271 e. The fraction of sp³-hybridized carbons (Fsp3) is 0.381. The largest absolute Gasteiger partial charge is 0.379 e. The van der Waals surface area contributed by atoms with Crippen molar-refractivity contribution in [1.82, 2.24) is 25.0 Å². The zero-order valence-electron chi connectivity index (χ0n) is 17.2. The molecule has 3 N–H and O–H groups in total. The van der Waals surface area contributed by atoms with Gasteiger partial charge in [0.25, 0.3) is 5.91 Å². The van der Waals surface area contributed by atoms with Gasteiger partial charge >= 0.3 is 0 Å². The molecule has 3 heterocycles. The van der Waals surface area contributed by atoms with Crippen molar-refractivity contribution < 1.29 is 14.3 Å². The number of H-pyrrole nitrogens is 1. The Hall–Kier alpha value is -3.17. The van der Waals surface area contributed by atoms with Crippen LogP contribution in [0.5, 0.6) is 0 Å². The van der Waals surface area contributed by atoms with E-state index in [1.807, 2.05) is 24.3 Å². The molecule has 0 saturated carbocycles. The smallest absolute Gasteiger partial charge is 0.271 e. The summed E-state index contributed by atoms with van der Waals surface area (Å²) in [5.74, 6) is -0.318. The first-order valence-electron chi connectivity index (χ1n) is 10.0. The van der Waals surface area contributed by atoms with Gasteiger partial charge in [0.1, 0.15) is 0 Å². The van der Waals surface area contributed by atoms with Gasteiger partial charge in [-0.1, -0.05) is 6.07 Å². The van der Waals surface area contributed by atoms with E-state index < -0.39 is 0 Å². The number of amides is 2. The summed E-state index contributed by atoms with van der Waals surface area (Å²) >= 11 is 0. The summed E-state index contributed by atoms with van der Waals surface area (Å²) in [4.78, 5) is 29.6. The van der Waals surface area contributed by atoms with Gasteiger partial charge in [-0.2, -0.15) is 5.10 Å². The first-order valence-corrected chi connectivity index (χ1v) is 10.0. The normalized spacial score (nSPS) is 14.7. The molecule has 3 aromatic rings. The number of benzene rings is 1. The quantitative estimate of drug-likeness (QED) is 0.573. The number of ether oxygens (including phenoxy) is 1. The second-order valence-electron chi connectivity index (χ2n) is 7.38. The number of nitrogens with zero attached hydrogens (tertiary/aromatic N) is 3. The van der Waals surface area contributed by atoms with Crippen molar-refractivity contribution in [2.75, 3.05) is 44.7 Å². The minimum Gasteiger partial charge on any atom is -0.379 e. The van der Waals surface area contributed by atoms with Gasteiger partial charge in [-0.15, -0.1) is 0 Å². The van der Waals surface area contributed by atoms with Crippen LogP contribution in [0.15, 0.2) is 30.3 Å². The number of carbonyl (C=O) groups is 2. The van der Waals surface area contributed by atoms with Gasteiger partial charge in [0.05, 0.1) is 30.3 Å².